The van der Waals surface area contributed by atoms with Gasteiger partial charge in [0.15, 0.2) is 0 Å². The maximum atomic E-state index is 12.5. The number of carbonyl (C=O) groups excluding carboxylic acids is 2. The molecule has 1 N–H and O–H groups in total. The smallest absolute Gasteiger partial charge is 0.325 e. The van der Waals surface area contributed by atoms with E-state index in [4.69, 9.17) is 4.74 Å². The molecule has 2 aromatic rings. The van der Waals surface area contributed by atoms with Crippen LogP contribution in [0.2, 0.25) is 0 Å². The highest BCUT2D eigenvalue weighted by atomic mass is 16.5. The first-order valence-electron chi connectivity index (χ1n) is 9.48. The maximum Gasteiger partial charge on any atom is 0.325 e. The van der Waals surface area contributed by atoms with Gasteiger partial charge < -0.3 is 19.9 Å². The third kappa shape index (κ3) is 4.67. The summed E-state index contributed by atoms with van der Waals surface area (Å²) in [5.41, 5.74) is 2.82. The Bertz CT molecular complexity index is 795. The number of rotatable bonds is 6. The number of aromatic nitrogens is 1. The van der Waals surface area contributed by atoms with Crippen molar-refractivity contribution in [3.8, 4) is 0 Å². The van der Waals surface area contributed by atoms with Gasteiger partial charge in [-0.1, -0.05) is 0 Å². The average molecular weight is 382 g/mol. The van der Waals surface area contributed by atoms with Crippen molar-refractivity contribution in [2.24, 2.45) is 0 Å². The van der Waals surface area contributed by atoms with Gasteiger partial charge in [-0.2, -0.15) is 0 Å². The van der Waals surface area contributed by atoms with Gasteiger partial charge in [0.1, 0.15) is 6.54 Å². The summed E-state index contributed by atoms with van der Waals surface area (Å²) in [7, 11) is 1.60. The number of carbonyl (C=O) groups is 2. The van der Waals surface area contributed by atoms with Crippen LogP contribution in [0.15, 0.2) is 48.8 Å². The number of amides is 1. The highest BCUT2D eigenvalue weighted by molar-refractivity contribution is 5.96. The third-order valence-corrected chi connectivity index (χ3v) is 4.80. The molecule has 7 heteroatoms. The number of likely N-dealkylation sites (N-methyl/N-ethyl adjacent to an activating group) is 1. The normalized spacial score (nSPS) is 16.5. The van der Waals surface area contributed by atoms with Gasteiger partial charge in [-0.05, 0) is 48.9 Å². The topological polar surface area (TPSA) is 74.8 Å². The molecule has 1 atom stereocenters. The van der Waals surface area contributed by atoms with E-state index in [9.17, 15) is 9.59 Å². The van der Waals surface area contributed by atoms with E-state index in [1.807, 2.05) is 48.8 Å². The number of ether oxygens (including phenoxy) is 1. The van der Waals surface area contributed by atoms with E-state index >= 15 is 0 Å². The van der Waals surface area contributed by atoms with Crippen LogP contribution in [0.4, 0.5) is 5.69 Å². The maximum absolute atomic E-state index is 12.5. The lowest BCUT2D eigenvalue weighted by molar-refractivity contribution is -0.143. The standard InChI is InChI=1S/C21H26N4O3/c1-3-28-20(26)15-24(2)21(27)17-4-6-18(7-5-17)25-13-12-23-14-19(25)16-8-10-22-11-9-16/h4-11,19,23H,3,12-15H2,1-2H3. The fraction of sp³-hybridized carbons (Fsp3) is 0.381. The summed E-state index contributed by atoms with van der Waals surface area (Å²) in [4.78, 5) is 31.9. The van der Waals surface area contributed by atoms with Gasteiger partial charge in [-0.3, -0.25) is 14.6 Å². The molecule has 0 spiro atoms. The second kappa shape index (κ2) is 9.32. The van der Waals surface area contributed by atoms with Crippen LogP contribution in [-0.2, 0) is 9.53 Å². The summed E-state index contributed by atoms with van der Waals surface area (Å²) in [6.07, 6.45) is 3.62. The molecule has 148 valence electrons. The van der Waals surface area contributed by atoms with Crippen molar-refractivity contribution in [3.05, 3.63) is 59.9 Å². The minimum atomic E-state index is -0.407. The van der Waals surface area contributed by atoms with Crippen LogP contribution in [0.1, 0.15) is 28.9 Å². The van der Waals surface area contributed by atoms with E-state index in [2.05, 4.69) is 15.2 Å². The molecule has 0 aliphatic carbocycles. The molecule has 1 aliphatic rings. The molecule has 0 saturated carbocycles. The Balaban J connectivity index is 1.72. The van der Waals surface area contributed by atoms with Crippen molar-refractivity contribution >= 4 is 17.6 Å². The molecule has 1 fully saturated rings. The average Bonchev–Trinajstić information content (AvgIpc) is 2.74. The minimum absolute atomic E-state index is 0.0592. The van der Waals surface area contributed by atoms with Crippen molar-refractivity contribution in [1.82, 2.24) is 15.2 Å². The quantitative estimate of drug-likeness (QED) is 0.769. The molecule has 7 nitrogen and oxygen atoms in total. The zero-order valence-corrected chi connectivity index (χ0v) is 16.3. The van der Waals surface area contributed by atoms with Crippen LogP contribution in [0, 0.1) is 0 Å². The Kier molecular flexibility index (Phi) is 6.60. The second-order valence-electron chi connectivity index (χ2n) is 6.71. The lowest BCUT2D eigenvalue weighted by atomic mass is 10.0. The predicted molar refractivity (Wildman–Crippen MR) is 107 cm³/mol. The summed E-state index contributed by atoms with van der Waals surface area (Å²) in [5.74, 6) is -0.610. The Morgan fingerprint density at radius 3 is 2.61 bits per heavy atom. The first kappa shape index (κ1) is 19.8. The van der Waals surface area contributed by atoms with E-state index in [1.165, 1.54) is 10.5 Å². The summed E-state index contributed by atoms with van der Waals surface area (Å²) < 4.78 is 4.90. The number of piperazine rings is 1. The van der Waals surface area contributed by atoms with Crippen LogP contribution in [0.5, 0.6) is 0 Å². The highest BCUT2D eigenvalue weighted by Crippen LogP contribution is 2.28. The first-order chi connectivity index (χ1) is 13.6. The molecular formula is C21H26N4O3. The zero-order chi connectivity index (χ0) is 19.9. The molecular weight excluding hydrogens is 356 g/mol. The monoisotopic (exact) mass is 382 g/mol. The summed E-state index contributed by atoms with van der Waals surface area (Å²) in [5, 5.41) is 3.44. The van der Waals surface area contributed by atoms with Crippen molar-refractivity contribution in [2.45, 2.75) is 13.0 Å². The van der Waals surface area contributed by atoms with Gasteiger partial charge >= 0.3 is 5.97 Å². The number of esters is 1. The lowest BCUT2D eigenvalue weighted by Crippen LogP contribution is -2.46. The summed E-state index contributed by atoms with van der Waals surface area (Å²) in [6.45, 7) is 4.63. The highest BCUT2D eigenvalue weighted by Gasteiger charge is 2.24. The van der Waals surface area contributed by atoms with Crippen molar-refractivity contribution in [2.75, 3.05) is 44.7 Å². The van der Waals surface area contributed by atoms with E-state index in [0.717, 1.165) is 25.3 Å². The number of pyridine rings is 1. The number of benzene rings is 1. The minimum Gasteiger partial charge on any atom is -0.465 e. The molecule has 1 saturated heterocycles. The van der Waals surface area contributed by atoms with Crippen LogP contribution in [-0.4, -0.2) is 61.6 Å². The zero-order valence-electron chi connectivity index (χ0n) is 16.3. The van der Waals surface area contributed by atoms with Gasteiger partial charge in [0.2, 0.25) is 0 Å². The van der Waals surface area contributed by atoms with Gasteiger partial charge in [-0.25, -0.2) is 0 Å². The van der Waals surface area contributed by atoms with Crippen molar-refractivity contribution in [3.63, 3.8) is 0 Å². The Hall–Kier alpha value is -2.93. The van der Waals surface area contributed by atoms with E-state index < -0.39 is 5.97 Å². The Labute approximate surface area is 165 Å². The molecule has 28 heavy (non-hydrogen) atoms. The second-order valence-corrected chi connectivity index (χ2v) is 6.71. The van der Waals surface area contributed by atoms with Crippen LogP contribution in [0.25, 0.3) is 0 Å². The summed E-state index contributed by atoms with van der Waals surface area (Å²) >= 11 is 0. The molecule has 0 radical (unpaired) electrons. The lowest BCUT2D eigenvalue weighted by Gasteiger charge is -2.38. The number of nitrogens with one attached hydrogen (secondary N) is 1. The molecule has 1 aromatic carbocycles. The number of hydrogen-bond donors (Lipinski definition) is 1. The third-order valence-electron chi connectivity index (χ3n) is 4.80. The largest absolute Gasteiger partial charge is 0.465 e. The molecule has 1 unspecified atom stereocenters. The summed E-state index contributed by atoms with van der Waals surface area (Å²) in [6, 6.07) is 11.8. The van der Waals surface area contributed by atoms with Crippen molar-refractivity contribution in [1.29, 1.82) is 0 Å². The first-order valence-corrected chi connectivity index (χ1v) is 9.48. The number of nitrogens with zero attached hydrogens (tertiary/aromatic N) is 3. The van der Waals surface area contributed by atoms with Crippen LogP contribution in [0.3, 0.4) is 0 Å². The van der Waals surface area contributed by atoms with Crippen LogP contribution >= 0.6 is 0 Å². The predicted octanol–water partition coefficient (Wildman–Crippen LogP) is 1.87. The fourth-order valence-electron chi connectivity index (χ4n) is 3.38. The molecule has 1 amide bonds. The van der Waals surface area contributed by atoms with Gasteiger partial charge in [0.25, 0.3) is 5.91 Å². The molecule has 3 rings (SSSR count). The van der Waals surface area contributed by atoms with Crippen molar-refractivity contribution < 1.29 is 14.3 Å². The van der Waals surface area contributed by atoms with E-state index in [1.54, 1.807) is 14.0 Å². The van der Waals surface area contributed by atoms with Gasteiger partial charge in [0.05, 0.1) is 12.6 Å². The molecule has 2 heterocycles. The number of anilines is 1. The Morgan fingerprint density at radius 2 is 1.93 bits per heavy atom. The molecule has 1 aliphatic heterocycles. The van der Waals surface area contributed by atoms with E-state index in [0.29, 0.717) is 12.2 Å². The molecule has 0 bridgehead atoms. The SMILES string of the molecule is CCOC(=O)CN(C)C(=O)c1ccc(N2CCNCC2c2ccncc2)cc1. The van der Waals surface area contributed by atoms with E-state index in [-0.39, 0.29) is 18.5 Å². The molecule has 1 aromatic heterocycles. The fourth-order valence-corrected chi connectivity index (χ4v) is 3.38. The Morgan fingerprint density at radius 1 is 1.21 bits per heavy atom. The van der Waals surface area contributed by atoms with Crippen LogP contribution < -0.4 is 10.2 Å². The number of hydrogen-bond acceptors (Lipinski definition) is 6. The van der Waals surface area contributed by atoms with Gasteiger partial charge in [0, 0.05) is 50.3 Å². The van der Waals surface area contributed by atoms with Gasteiger partial charge in [-0.15, -0.1) is 0 Å².